The molecule has 0 saturated carbocycles. The van der Waals surface area contributed by atoms with E-state index in [1.165, 1.54) is 38.5 Å². The van der Waals surface area contributed by atoms with E-state index in [9.17, 15) is 0 Å². The Kier molecular flexibility index (Phi) is 7.22. The molecule has 0 aromatic heterocycles. The average molecular weight is 235 g/mol. The Balaban J connectivity index is 3.19. The molecule has 0 radical (unpaired) electrons. The molecule has 1 heteroatoms. The average Bonchev–Trinajstić information content (AvgIpc) is 2.04. The molecule has 0 aromatic carbocycles. The molecular formula is C11H23Br. The summed E-state index contributed by atoms with van der Waals surface area (Å²) in [6.45, 7) is 6.94. The molecule has 0 amide bonds. The van der Waals surface area contributed by atoms with Gasteiger partial charge in [-0.2, -0.15) is 0 Å². The maximum Gasteiger partial charge on any atom is 0.00826 e. The van der Waals surface area contributed by atoms with Crippen LogP contribution in [0, 0.1) is 5.41 Å². The number of hydrogen-bond donors (Lipinski definition) is 0. The highest BCUT2D eigenvalue weighted by molar-refractivity contribution is 9.09. The SMILES string of the molecule is CCCCCCCC(C)(C)CBr. The predicted molar refractivity (Wildman–Crippen MR) is 61.0 cm³/mol. The zero-order chi connectivity index (χ0) is 9.45. The largest absolute Gasteiger partial charge is 0.0922 e. The minimum atomic E-state index is 0.506. The fourth-order valence-corrected chi connectivity index (χ4v) is 1.55. The maximum atomic E-state index is 3.55. The Morgan fingerprint density at radius 1 is 1.00 bits per heavy atom. The third kappa shape index (κ3) is 7.15. The zero-order valence-electron chi connectivity index (χ0n) is 8.83. The second-order valence-corrected chi connectivity index (χ2v) is 5.02. The predicted octanol–water partition coefficient (Wildman–Crippen LogP) is 4.77. The molecule has 0 aliphatic heterocycles. The van der Waals surface area contributed by atoms with Gasteiger partial charge in [0, 0.05) is 5.33 Å². The van der Waals surface area contributed by atoms with Crippen molar-refractivity contribution in [1.82, 2.24) is 0 Å². The fourth-order valence-electron chi connectivity index (χ4n) is 1.27. The van der Waals surface area contributed by atoms with E-state index in [0.29, 0.717) is 5.41 Å². The molecule has 0 rings (SSSR count). The molecule has 0 heterocycles. The number of unbranched alkanes of at least 4 members (excludes halogenated alkanes) is 4. The first-order chi connectivity index (χ1) is 5.62. The highest BCUT2D eigenvalue weighted by Gasteiger charge is 2.14. The van der Waals surface area contributed by atoms with Crippen molar-refractivity contribution in [2.24, 2.45) is 5.41 Å². The lowest BCUT2D eigenvalue weighted by molar-refractivity contribution is 0.368. The molecule has 0 atom stereocenters. The molecule has 0 spiro atoms. The number of halogens is 1. The van der Waals surface area contributed by atoms with Crippen LogP contribution in [0.15, 0.2) is 0 Å². The quantitative estimate of drug-likeness (QED) is 0.440. The molecule has 0 N–H and O–H groups in total. The molecule has 0 saturated heterocycles. The van der Waals surface area contributed by atoms with Gasteiger partial charge >= 0.3 is 0 Å². The van der Waals surface area contributed by atoms with Gasteiger partial charge in [-0.05, 0) is 11.8 Å². The Morgan fingerprint density at radius 3 is 2.08 bits per heavy atom. The Morgan fingerprint density at radius 2 is 1.58 bits per heavy atom. The van der Waals surface area contributed by atoms with Crippen LogP contribution in [0.2, 0.25) is 0 Å². The zero-order valence-corrected chi connectivity index (χ0v) is 10.4. The molecule has 74 valence electrons. The summed E-state index contributed by atoms with van der Waals surface area (Å²) in [6, 6.07) is 0. The highest BCUT2D eigenvalue weighted by atomic mass is 79.9. The second-order valence-electron chi connectivity index (χ2n) is 4.46. The van der Waals surface area contributed by atoms with Crippen LogP contribution in [0.1, 0.15) is 59.3 Å². The first kappa shape index (κ1) is 12.5. The van der Waals surface area contributed by atoms with Crippen LogP contribution in [-0.2, 0) is 0 Å². The van der Waals surface area contributed by atoms with Crippen LogP contribution in [-0.4, -0.2) is 5.33 Å². The lowest BCUT2D eigenvalue weighted by atomic mass is 9.89. The Labute approximate surface area is 86.3 Å². The van der Waals surface area contributed by atoms with Gasteiger partial charge in [-0.15, -0.1) is 0 Å². The van der Waals surface area contributed by atoms with Crippen molar-refractivity contribution in [1.29, 1.82) is 0 Å². The van der Waals surface area contributed by atoms with Gasteiger partial charge in [0.15, 0.2) is 0 Å². The van der Waals surface area contributed by atoms with Crippen LogP contribution in [0.25, 0.3) is 0 Å². The Bertz CT molecular complexity index is 97.2. The van der Waals surface area contributed by atoms with Crippen LogP contribution in [0.4, 0.5) is 0 Å². The molecule has 12 heavy (non-hydrogen) atoms. The third-order valence-corrected chi connectivity index (χ3v) is 3.84. The number of hydrogen-bond acceptors (Lipinski definition) is 0. The molecule has 0 aliphatic rings. The summed E-state index contributed by atoms with van der Waals surface area (Å²) >= 11 is 3.55. The van der Waals surface area contributed by atoms with Gasteiger partial charge in [0.2, 0.25) is 0 Å². The third-order valence-electron chi connectivity index (χ3n) is 2.32. The van der Waals surface area contributed by atoms with Crippen molar-refractivity contribution in [2.45, 2.75) is 59.3 Å². The molecule has 0 unspecified atom stereocenters. The van der Waals surface area contributed by atoms with Crippen molar-refractivity contribution in [2.75, 3.05) is 5.33 Å². The van der Waals surface area contributed by atoms with E-state index in [1.807, 2.05) is 0 Å². The van der Waals surface area contributed by atoms with Crippen molar-refractivity contribution >= 4 is 15.9 Å². The van der Waals surface area contributed by atoms with Crippen LogP contribution in [0.5, 0.6) is 0 Å². The first-order valence-electron chi connectivity index (χ1n) is 5.18. The minimum absolute atomic E-state index is 0.506. The summed E-state index contributed by atoms with van der Waals surface area (Å²) in [7, 11) is 0. The van der Waals surface area contributed by atoms with Gasteiger partial charge in [-0.1, -0.05) is 68.8 Å². The van der Waals surface area contributed by atoms with Gasteiger partial charge < -0.3 is 0 Å². The Hall–Kier alpha value is 0.480. The second kappa shape index (κ2) is 6.94. The highest BCUT2D eigenvalue weighted by Crippen LogP contribution is 2.25. The molecule has 0 nitrogen and oxygen atoms in total. The van der Waals surface area contributed by atoms with Gasteiger partial charge in [-0.3, -0.25) is 0 Å². The summed E-state index contributed by atoms with van der Waals surface area (Å²) in [5.41, 5.74) is 0.506. The van der Waals surface area contributed by atoms with Crippen molar-refractivity contribution < 1.29 is 0 Å². The molecule has 0 aliphatic carbocycles. The molecular weight excluding hydrogens is 212 g/mol. The standard InChI is InChI=1S/C11H23Br/c1-4-5-6-7-8-9-11(2,3)10-12/h4-10H2,1-3H3. The lowest BCUT2D eigenvalue weighted by Gasteiger charge is -2.20. The summed E-state index contributed by atoms with van der Waals surface area (Å²) in [6.07, 6.45) is 8.37. The van der Waals surface area contributed by atoms with Gasteiger partial charge in [0.1, 0.15) is 0 Å². The maximum absolute atomic E-state index is 3.55. The van der Waals surface area contributed by atoms with Crippen LogP contribution >= 0.6 is 15.9 Å². The van der Waals surface area contributed by atoms with Gasteiger partial charge in [-0.25, -0.2) is 0 Å². The van der Waals surface area contributed by atoms with Crippen molar-refractivity contribution in [3.63, 3.8) is 0 Å². The van der Waals surface area contributed by atoms with Gasteiger partial charge in [0.05, 0.1) is 0 Å². The lowest BCUT2D eigenvalue weighted by Crippen LogP contribution is -2.12. The summed E-state index contributed by atoms with van der Waals surface area (Å²) in [5, 5.41) is 1.13. The summed E-state index contributed by atoms with van der Waals surface area (Å²) < 4.78 is 0. The monoisotopic (exact) mass is 234 g/mol. The van der Waals surface area contributed by atoms with Gasteiger partial charge in [0.25, 0.3) is 0 Å². The summed E-state index contributed by atoms with van der Waals surface area (Å²) in [5.74, 6) is 0. The van der Waals surface area contributed by atoms with E-state index >= 15 is 0 Å². The van der Waals surface area contributed by atoms with Crippen molar-refractivity contribution in [3.05, 3.63) is 0 Å². The number of alkyl halides is 1. The van der Waals surface area contributed by atoms with Crippen LogP contribution < -0.4 is 0 Å². The molecule has 0 fully saturated rings. The topological polar surface area (TPSA) is 0 Å². The number of rotatable bonds is 7. The summed E-state index contributed by atoms with van der Waals surface area (Å²) in [4.78, 5) is 0. The molecule has 0 aromatic rings. The molecule has 0 bridgehead atoms. The van der Waals surface area contributed by atoms with Crippen molar-refractivity contribution in [3.8, 4) is 0 Å². The van der Waals surface area contributed by atoms with E-state index in [4.69, 9.17) is 0 Å². The van der Waals surface area contributed by atoms with E-state index in [2.05, 4.69) is 36.7 Å². The smallest absolute Gasteiger partial charge is 0.00826 e. The first-order valence-corrected chi connectivity index (χ1v) is 6.30. The van der Waals surface area contributed by atoms with E-state index in [0.717, 1.165) is 5.33 Å². The van der Waals surface area contributed by atoms with E-state index < -0.39 is 0 Å². The van der Waals surface area contributed by atoms with E-state index in [-0.39, 0.29) is 0 Å². The van der Waals surface area contributed by atoms with E-state index in [1.54, 1.807) is 0 Å². The normalized spacial score (nSPS) is 12.0. The minimum Gasteiger partial charge on any atom is -0.0922 e. The fraction of sp³-hybridized carbons (Fsp3) is 1.00. The van der Waals surface area contributed by atoms with Crippen LogP contribution in [0.3, 0.4) is 0 Å².